The summed E-state index contributed by atoms with van der Waals surface area (Å²) in [4.78, 5) is 0. The number of rotatable bonds is 6. The Kier molecular flexibility index (Phi) is 5.33. The maximum Gasteiger partial charge on any atom is 0.122 e. The topological polar surface area (TPSA) is 32.3 Å². The van der Waals surface area contributed by atoms with E-state index in [1.54, 1.807) is 0 Å². The minimum Gasteiger partial charge on any atom is -0.507 e. The molecule has 0 bridgehead atoms. The van der Waals surface area contributed by atoms with Crippen LogP contribution in [0.1, 0.15) is 44.2 Å². The van der Waals surface area contributed by atoms with Gasteiger partial charge in [-0.3, -0.25) is 0 Å². The van der Waals surface area contributed by atoms with E-state index in [0.29, 0.717) is 11.8 Å². The highest BCUT2D eigenvalue weighted by atomic mass is 16.3. The summed E-state index contributed by atoms with van der Waals surface area (Å²) in [6, 6.07) is 6.47. The van der Waals surface area contributed by atoms with E-state index in [0.717, 1.165) is 24.1 Å². The lowest BCUT2D eigenvalue weighted by molar-refractivity contribution is 0.437. The van der Waals surface area contributed by atoms with Crippen molar-refractivity contribution >= 4 is 0 Å². The first-order chi connectivity index (χ1) is 7.69. The number of nitrogens with one attached hydrogen (secondary N) is 1. The molecule has 1 rings (SSSR count). The molecule has 0 fully saturated rings. The van der Waals surface area contributed by atoms with Crippen molar-refractivity contribution < 1.29 is 5.11 Å². The number of para-hydroxylation sites is 1. The molecule has 2 heteroatoms. The van der Waals surface area contributed by atoms with Crippen LogP contribution in [0, 0.1) is 6.92 Å². The quantitative estimate of drug-likeness (QED) is 0.772. The Morgan fingerprint density at radius 2 is 2.06 bits per heavy atom. The van der Waals surface area contributed by atoms with Gasteiger partial charge in [0.25, 0.3) is 0 Å². The molecule has 0 saturated carbocycles. The Balaban J connectivity index is 2.56. The van der Waals surface area contributed by atoms with Crippen LogP contribution < -0.4 is 5.32 Å². The van der Waals surface area contributed by atoms with Crippen molar-refractivity contribution in [3.05, 3.63) is 29.3 Å². The summed E-state index contributed by atoms with van der Waals surface area (Å²) >= 11 is 0. The molecule has 1 atom stereocenters. The molecule has 0 aliphatic heterocycles. The van der Waals surface area contributed by atoms with Crippen molar-refractivity contribution in [2.75, 3.05) is 0 Å². The van der Waals surface area contributed by atoms with Gasteiger partial charge in [-0.15, -0.1) is 0 Å². The molecule has 0 spiro atoms. The van der Waals surface area contributed by atoms with Crippen LogP contribution in [0.25, 0.3) is 0 Å². The van der Waals surface area contributed by atoms with Gasteiger partial charge in [-0.05, 0) is 25.3 Å². The Bertz CT molecular complexity index is 323. The first-order valence-electron chi connectivity index (χ1n) is 6.19. The molecular weight excluding hydrogens is 198 g/mol. The zero-order chi connectivity index (χ0) is 12.0. The number of aromatic hydroxyl groups is 1. The molecule has 1 aromatic rings. The minimum atomic E-state index is 0.432. The first-order valence-corrected chi connectivity index (χ1v) is 6.19. The van der Waals surface area contributed by atoms with Crippen LogP contribution in [-0.2, 0) is 6.54 Å². The third-order valence-corrected chi connectivity index (χ3v) is 3.03. The molecule has 0 heterocycles. The Labute approximate surface area is 98.7 Å². The third-order valence-electron chi connectivity index (χ3n) is 3.03. The molecule has 16 heavy (non-hydrogen) atoms. The number of benzene rings is 1. The van der Waals surface area contributed by atoms with Gasteiger partial charge < -0.3 is 10.4 Å². The van der Waals surface area contributed by atoms with Gasteiger partial charge in [-0.2, -0.15) is 0 Å². The van der Waals surface area contributed by atoms with Crippen molar-refractivity contribution in [1.29, 1.82) is 0 Å². The summed E-state index contributed by atoms with van der Waals surface area (Å²) in [5.41, 5.74) is 1.94. The maximum absolute atomic E-state index is 9.87. The van der Waals surface area contributed by atoms with Crippen LogP contribution in [0.5, 0.6) is 5.75 Å². The molecule has 2 N–H and O–H groups in total. The average Bonchev–Trinajstić information content (AvgIpc) is 2.29. The van der Waals surface area contributed by atoms with E-state index in [9.17, 15) is 5.11 Å². The molecule has 1 unspecified atom stereocenters. The molecular formula is C14H23NO. The van der Waals surface area contributed by atoms with Crippen LogP contribution in [0.4, 0.5) is 0 Å². The van der Waals surface area contributed by atoms with E-state index in [1.165, 1.54) is 12.8 Å². The van der Waals surface area contributed by atoms with Gasteiger partial charge in [0.1, 0.15) is 5.75 Å². The molecule has 1 aromatic carbocycles. The Morgan fingerprint density at radius 1 is 1.31 bits per heavy atom. The fourth-order valence-electron chi connectivity index (χ4n) is 1.92. The summed E-state index contributed by atoms with van der Waals surface area (Å²) < 4.78 is 0. The first kappa shape index (κ1) is 13.0. The second kappa shape index (κ2) is 6.54. The van der Waals surface area contributed by atoms with Crippen LogP contribution >= 0.6 is 0 Å². The van der Waals surface area contributed by atoms with E-state index in [-0.39, 0.29) is 0 Å². The zero-order valence-corrected chi connectivity index (χ0v) is 10.6. The fourth-order valence-corrected chi connectivity index (χ4v) is 1.92. The number of aryl methyl sites for hydroxylation is 1. The van der Waals surface area contributed by atoms with Crippen LogP contribution in [0.3, 0.4) is 0 Å². The SMILES string of the molecule is CCCC(CC)NCc1cccc(C)c1O. The summed E-state index contributed by atoms with van der Waals surface area (Å²) in [6.07, 6.45) is 3.54. The van der Waals surface area contributed by atoms with Gasteiger partial charge in [0.2, 0.25) is 0 Å². The summed E-state index contributed by atoms with van der Waals surface area (Å²) in [6.45, 7) is 7.09. The number of hydrogen-bond acceptors (Lipinski definition) is 2. The van der Waals surface area contributed by atoms with E-state index in [2.05, 4.69) is 19.2 Å². The number of phenolic OH excluding ortho intramolecular Hbond substituents is 1. The second-order valence-electron chi connectivity index (χ2n) is 4.36. The Morgan fingerprint density at radius 3 is 2.69 bits per heavy atom. The third kappa shape index (κ3) is 3.53. The van der Waals surface area contributed by atoms with Gasteiger partial charge in [-0.25, -0.2) is 0 Å². The lowest BCUT2D eigenvalue weighted by Gasteiger charge is -2.16. The van der Waals surface area contributed by atoms with Gasteiger partial charge >= 0.3 is 0 Å². The second-order valence-corrected chi connectivity index (χ2v) is 4.36. The Hall–Kier alpha value is -1.02. The average molecular weight is 221 g/mol. The minimum absolute atomic E-state index is 0.432. The predicted octanol–water partition coefficient (Wildman–Crippen LogP) is 3.37. The van der Waals surface area contributed by atoms with Gasteiger partial charge in [0.15, 0.2) is 0 Å². The highest BCUT2D eigenvalue weighted by Crippen LogP contribution is 2.21. The van der Waals surface area contributed by atoms with Crippen LogP contribution in [0.15, 0.2) is 18.2 Å². The summed E-state index contributed by atoms with van der Waals surface area (Å²) in [7, 11) is 0. The van der Waals surface area contributed by atoms with Crippen LogP contribution in [0.2, 0.25) is 0 Å². The highest BCUT2D eigenvalue weighted by Gasteiger charge is 2.07. The van der Waals surface area contributed by atoms with Crippen molar-refractivity contribution in [2.45, 2.75) is 52.6 Å². The van der Waals surface area contributed by atoms with E-state index in [1.807, 2.05) is 25.1 Å². The summed E-state index contributed by atoms with van der Waals surface area (Å²) in [5.74, 6) is 0.432. The smallest absolute Gasteiger partial charge is 0.122 e. The monoisotopic (exact) mass is 221 g/mol. The van der Waals surface area contributed by atoms with Gasteiger partial charge in [0, 0.05) is 18.2 Å². The van der Waals surface area contributed by atoms with Crippen molar-refractivity contribution in [3.8, 4) is 5.75 Å². The molecule has 0 saturated heterocycles. The molecule has 0 aromatic heterocycles. The molecule has 2 nitrogen and oxygen atoms in total. The lowest BCUT2D eigenvalue weighted by atomic mass is 10.1. The maximum atomic E-state index is 9.87. The number of phenols is 1. The van der Waals surface area contributed by atoms with Crippen molar-refractivity contribution in [1.82, 2.24) is 5.32 Å². The van der Waals surface area contributed by atoms with E-state index in [4.69, 9.17) is 0 Å². The molecule has 0 aliphatic rings. The van der Waals surface area contributed by atoms with Gasteiger partial charge in [-0.1, -0.05) is 38.5 Å². The molecule has 90 valence electrons. The van der Waals surface area contributed by atoms with Crippen LogP contribution in [-0.4, -0.2) is 11.1 Å². The standard InChI is InChI=1S/C14H23NO/c1-4-7-13(5-2)15-10-12-9-6-8-11(3)14(12)16/h6,8-9,13,15-16H,4-5,7,10H2,1-3H3. The normalized spacial score (nSPS) is 12.7. The molecule has 0 radical (unpaired) electrons. The van der Waals surface area contributed by atoms with E-state index < -0.39 is 0 Å². The fraction of sp³-hybridized carbons (Fsp3) is 0.571. The van der Waals surface area contributed by atoms with E-state index >= 15 is 0 Å². The van der Waals surface area contributed by atoms with Gasteiger partial charge in [0.05, 0.1) is 0 Å². The largest absolute Gasteiger partial charge is 0.507 e. The van der Waals surface area contributed by atoms with Crippen molar-refractivity contribution in [3.63, 3.8) is 0 Å². The predicted molar refractivity (Wildman–Crippen MR) is 68.7 cm³/mol. The molecule has 0 amide bonds. The lowest BCUT2D eigenvalue weighted by Crippen LogP contribution is -2.27. The summed E-state index contributed by atoms with van der Waals surface area (Å²) in [5, 5.41) is 13.4. The highest BCUT2D eigenvalue weighted by molar-refractivity contribution is 5.39. The molecule has 0 aliphatic carbocycles. The van der Waals surface area contributed by atoms with Crippen molar-refractivity contribution in [2.24, 2.45) is 0 Å². The zero-order valence-electron chi connectivity index (χ0n) is 10.6. The number of hydrogen-bond donors (Lipinski definition) is 2.